The summed E-state index contributed by atoms with van der Waals surface area (Å²) in [6.45, 7) is -0.627. The van der Waals surface area contributed by atoms with E-state index in [0.29, 0.717) is 31.6 Å². The van der Waals surface area contributed by atoms with Crippen molar-refractivity contribution in [2.24, 2.45) is 0 Å². The van der Waals surface area contributed by atoms with Crippen molar-refractivity contribution in [1.29, 1.82) is 0 Å². The van der Waals surface area contributed by atoms with Gasteiger partial charge in [-0.3, -0.25) is 0 Å². The van der Waals surface area contributed by atoms with Crippen molar-refractivity contribution in [2.45, 2.75) is 0 Å². The number of hydrogen-bond acceptors (Lipinski definition) is 6. The van der Waals surface area contributed by atoms with Crippen molar-refractivity contribution in [2.75, 3.05) is 26.4 Å². The van der Waals surface area contributed by atoms with E-state index in [-0.39, 0.29) is 26.4 Å². The Bertz CT molecular complexity index is 810. The van der Waals surface area contributed by atoms with Crippen LogP contribution in [-0.2, 0) is 18.8 Å². The van der Waals surface area contributed by atoms with Crippen LogP contribution in [0.3, 0.4) is 0 Å². The number of rotatable bonds is 10. The van der Waals surface area contributed by atoms with Crippen LogP contribution >= 0.6 is 46.4 Å². The normalized spacial score (nSPS) is 11.4. The summed E-state index contributed by atoms with van der Waals surface area (Å²) in [6.07, 6.45) is 0. The van der Waals surface area contributed by atoms with Gasteiger partial charge in [0.25, 0.3) is 0 Å². The molecule has 2 aromatic carbocycles. The maximum absolute atomic E-state index is 11.6. The van der Waals surface area contributed by atoms with E-state index in [4.69, 9.17) is 55.9 Å². The van der Waals surface area contributed by atoms with Crippen molar-refractivity contribution >= 4 is 56.8 Å². The fourth-order valence-electron chi connectivity index (χ4n) is 1.79. The summed E-state index contributed by atoms with van der Waals surface area (Å²) >= 11 is 23.4. The minimum Gasteiger partial charge on any atom is -0.490 e. The largest absolute Gasteiger partial charge is 0.490 e. The molecule has 2 rings (SSSR count). The van der Waals surface area contributed by atoms with Gasteiger partial charge in [-0.1, -0.05) is 46.4 Å². The topological polar surface area (TPSA) is 71.1 Å². The highest BCUT2D eigenvalue weighted by Gasteiger charge is 2.13. The maximum atomic E-state index is 11.6. The van der Waals surface area contributed by atoms with Gasteiger partial charge in [0, 0.05) is 10.0 Å². The monoisotopic (exact) mass is 474 g/mol. The Morgan fingerprint density at radius 1 is 0.667 bits per heavy atom. The smallest absolute Gasteiger partial charge is 0.400 e. The minimum atomic E-state index is -4.19. The predicted molar refractivity (Wildman–Crippen MR) is 105 cm³/mol. The van der Waals surface area contributed by atoms with E-state index < -0.39 is 10.4 Å². The molecule has 27 heavy (non-hydrogen) atoms. The zero-order chi connectivity index (χ0) is 19.9. The quantitative estimate of drug-likeness (QED) is 0.448. The minimum absolute atomic E-state index is 0.0547. The fourth-order valence-corrected chi connectivity index (χ4v) is 3.33. The summed E-state index contributed by atoms with van der Waals surface area (Å²) in [5.74, 6) is 0.715. The highest BCUT2D eigenvalue weighted by Crippen LogP contribution is 2.28. The van der Waals surface area contributed by atoms with Gasteiger partial charge in [-0.15, -0.1) is 0 Å². The molecule has 0 saturated heterocycles. The summed E-state index contributed by atoms with van der Waals surface area (Å²) < 4.78 is 43.2. The lowest BCUT2D eigenvalue weighted by molar-refractivity contribution is 0.160. The van der Waals surface area contributed by atoms with Gasteiger partial charge in [0.05, 0.1) is 10.0 Å². The zero-order valence-corrected chi connectivity index (χ0v) is 17.5. The van der Waals surface area contributed by atoms with Gasteiger partial charge in [0.1, 0.15) is 37.9 Å². The van der Waals surface area contributed by atoms with Crippen LogP contribution in [0.2, 0.25) is 20.1 Å². The lowest BCUT2D eigenvalue weighted by atomic mass is 10.3. The first kappa shape index (κ1) is 22.4. The Kier molecular flexibility index (Phi) is 8.75. The molecule has 11 heteroatoms. The lowest BCUT2D eigenvalue weighted by Gasteiger charge is -2.10. The van der Waals surface area contributed by atoms with Crippen molar-refractivity contribution in [3.8, 4) is 11.5 Å². The van der Waals surface area contributed by atoms with Crippen LogP contribution in [0.4, 0.5) is 0 Å². The first-order chi connectivity index (χ1) is 12.8. The molecule has 6 nitrogen and oxygen atoms in total. The van der Waals surface area contributed by atoms with Crippen LogP contribution in [0.25, 0.3) is 0 Å². The summed E-state index contributed by atoms with van der Waals surface area (Å²) in [5, 5.41) is 1.53. The molecule has 0 aliphatic carbocycles. The van der Waals surface area contributed by atoms with Gasteiger partial charge in [-0.05, 0) is 36.4 Å². The molecule has 148 valence electrons. The summed E-state index contributed by atoms with van der Waals surface area (Å²) in [5.41, 5.74) is 0. The van der Waals surface area contributed by atoms with Crippen LogP contribution in [-0.4, -0.2) is 34.8 Å². The molecule has 0 aliphatic rings. The van der Waals surface area contributed by atoms with Crippen LogP contribution in [0.1, 0.15) is 0 Å². The highest BCUT2D eigenvalue weighted by molar-refractivity contribution is 7.81. The first-order valence-corrected chi connectivity index (χ1v) is 10.3. The van der Waals surface area contributed by atoms with Gasteiger partial charge in [-0.2, -0.15) is 8.42 Å². The van der Waals surface area contributed by atoms with Crippen molar-refractivity contribution in [3.05, 3.63) is 56.5 Å². The SMILES string of the molecule is O=S(=O)(OCCOc1ccc(Cl)cc1Cl)OCCOc1ccc(Cl)cc1Cl. The molecule has 0 aliphatic heterocycles. The Morgan fingerprint density at radius 3 is 1.44 bits per heavy atom. The number of hydrogen-bond donors (Lipinski definition) is 0. The van der Waals surface area contributed by atoms with Gasteiger partial charge in [0.2, 0.25) is 0 Å². The molecule has 0 aromatic heterocycles. The Balaban J connectivity index is 1.67. The Hall–Kier alpha value is -0.930. The third kappa shape index (κ3) is 7.91. The molecule has 0 radical (unpaired) electrons. The van der Waals surface area contributed by atoms with E-state index in [1.54, 1.807) is 24.3 Å². The van der Waals surface area contributed by atoms with Crippen LogP contribution in [0.5, 0.6) is 11.5 Å². The molecule has 0 unspecified atom stereocenters. The first-order valence-electron chi connectivity index (χ1n) is 7.46. The molecule has 0 atom stereocenters. The van der Waals surface area contributed by atoms with E-state index in [1.807, 2.05) is 0 Å². The molecule has 0 fully saturated rings. The highest BCUT2D eigenvalue weighted by atomic mass is 35.5. The molecule has 0 N–H and O–H groups in total. The van der Waals surface area contributed by atoms with E-state index in [2.05, 4.69) is 8.37 Å². The Morgan fingerprint density at radius 2 is 1.07 bits per heavy atom. The van der Waals surface area contributed by atoms with Gasteiger partial charge in [0.15, 0.2) is 0 Å². The third-order valence-electron chi connectivity index (χ3n) is 2.92. The lowest BCUT2D eigenvalue weighted by Crippen LogP contribution is -2.18. The fraction of sp³-hybridized carbons (Fsp3) is 0.250. The predicted octanol–water partition coefficient (Wildman–Crippen LogP) is 5.04. The molecule has 2 aromatic rings. The average molecular weight is 476 g/mol. The summed E-state index contributed by atoms with van der Waals surface area (Å²) in [7, 11) is -4.19. The third-order valence-corrected chi connectivity index (χ3v) is 4.90. The number of ether oxygens (including phenoxy) is 2. The number of benzene rings is 2. The molecule has 0 saturated carbocycles. The van der Waals surface area contributed by atoms with Crippen molar-refractivity contribution in [3.63, 3.8) is 0 Å². The van der Waals surface area contributed by atoms with E-state index in [1.165, 1.54) is 12.1 Å². The van der Waals surface area contributed by atoms with Gasteiger partial charge >= 0.3 is 10.4 Å². The maximum Gasteiger partial charge on any atom is 0.400 e. The molecular weight excluding hydrogens is 462 g/mol. The van der Waals surface area contributed by atoms with Crippen LogP contribution < -0.4 is 9.47 Å². The number of halogens is 4. The standard InChI is InChI=1S/C16H14Cl4O6S/c17-11-1-3-15(13(19)9-11)23-5-7-25-27(21,22)26-8-6-24-16-4-2-12(18)10-14(16)20/h1-4,9-10H,5-8H2. The average Bonchev–Trinajstić information content (AvgIpc) is 2.58. The van der Waals surface area contributed by atoms with E-state index in [9.17, 15) is 8.42 Å². The van der Waals surface area contributed by atoms with Gasteiger partial charge < -0.3 is 9.47 Å². The molecule has 0 bridgehead atoms. The zero-order valence-electron chi connectivity index (χ0n) is 13.7. The van der Waals surface area contributed by atoms with Gasteiger partial charge in [-0.25, -0.2) is 8.37 Å². The van der Waals surface area contributed by atoms with E-state index >= 15 is 0 Å². The Labute approximate surface area is 177 Å². The second kappa shape index (κ2) is 10.6. The van der Waals surface area contributed by atoms with Crippen LogP contribution in [0.15, 0.2) is 36.4 Å². The van der Waals surface area contributed by atoms with E-state index in [0.717, 1.165) is 0 Å². The second-order valence-corrected chi connectivity index (χ2v) is 7.87. The molecule has 0 spiro atoms. The van der Waals surface area contributed by atoms with Crippen LogP contribution in [0, 0.1) is 0 Å². The summed E-state index contributed by atoms with van der Waals surface area (Å²) in [6, 6.07) is 9.33. The second-order valence-electron chi connectivity index (χ2n) is 4.90. The molecule has 0 heterocycles. The molecule has 0 amide bonds. The molecular formula is C16H14Cl4O6S. The van der Waals surface area contributed by atoms with Crippen molar-refractivity contribution in [1.82, 2.24) is 0 Å². The summed E-state index contributed by atoms with van der Waals surface area (Å²) in [4.78, 5) is 0. The van der Waals surface area contributed by atoms with Crippen molar-refractivity contribution < 1.29 is 26.3 Å².